The van der Waals surface area contributed by atoms with Gasteiger partial charge in [-0.25, -0.2) is 4.39 Å². The highest BCUT2D eigenvalue weighted by atomic mass is 19.1. The highest BCUT2D eigenvalue weighted by Crippen LogP contribution is 2.13. The lowest BCUT2D eigenvalue weighted by Crippen LogP contribution is -2.21. The molecule has 1 aromatic carbocycles. The lowest BCUT2D eigenvalue weighted by molar-refractivity contribution is 0.485. The van der Waals surface area contributed by atoms with Crippen LogP contribution in [0, 0.1) is 5.82 Å². The molecule has 0 aliphatic carbocycles. The number of halogens is 1. The van der Waals surface area contributed by atoms with Crippen molar-refractivity contribution in [3.05, 3.63) is 59.8 Å². The van der Waals surface area contributed by atoms with Gasteiger partial charge in [-0.2, -0.15) is 0 Å². The normalized spacial score (nSPS) is 12.6. The van der Waals surface area contributed by atoms with Crippen LogP contribution in [0.3, 0.4) is 0 Å². The van der Waals surface area contributed by atoms with E-state index in [1.807, 2.05) is 25.1 Å². The Morgan fingerprint density at radius 2 is 2.18 bits per heavy atom. The fourth-order valence-electron chi connectivity index (χ4n) is 1.76. The molecule has 0 radical (unpaired) electrons. The summed E-state index contributed by atoms with van der Waals surface area (Å²) < 4.78 is 18.3. The Hall–Kier alpha value is -1.61. The van der Waals surface area contributed by atoms with Crippen LogP contribution in [-0.4, -0.2) is 6.54 Å². The second-order valence-electron chi connectivity index (χ2n) is 4.06. The number of hydrogen-bond acceptors (Lipinski definition) is 2. The van der Waals surface area contributed by atoms with Crippen molar-refractivity contribution >= 4 is 0 Å². The third kappa shape index (κ3) is 3.43. The molecule has 1 aromatic heterocycles. The molecule has 0 saturated heterocycles. The van der Waals surface area contributed by atoms with Gasteiger partial charge in [0.2, 0.25) is 0 Å². The number of rotatable bonds is 5. The lowest BCUT2D eigenvalue weighted by atomic mass is 10.1. The van der Waals surface area contributed by atoms with E-state index in [-0.39, 0.29) is 11.9 Å². The summed E-state index contributed by atoms with van der Waals surface area (Å²) in [5.74, 6) is 0.770. The van der Waals surface area contributed by atoms with Crippen LogP contribution in [0.4, 0.5) is 4.39 Å². The van der Waals surface area contributed by atoms with E-state index in [1.165, 1.54) is 6.07 Å². The van der Waals surface area contributed by atoms with E-state index in [2.05, 4.69) is 5.32 Å². The van der Waals surface area contributed by atoms with Gasteiger partial charge < -0.3 is 9.73 Å². The summed E-state index contributed by atoms with van der Waals surface area (Å²) in [5.41, 5.74) is 0.962. The van der Waals surface area contributed by atoms with Gasteiger partial charge in [-0.1, -0.05) is 12.1 Å². The monoisotopic (exact) mass is 233 g/mol. The summed E-state index contributed by atoms with van der Waals surface area (Å²) >= 11 is 0. The SMILES string of the molecule is CC(NCCc1ccco1)c1cccc(F)c1. The maximum atomic E-state index is 13.0. The Balaban J connectivity index is 1.83. The van der Waals surface area contributed by atoms with E-state index >= 15 is 0 Å². The second kappa shape index (κ2) is 5.64. The average Bonchev–Trinajstić information content (AvgIpc) is 2.82. The van der Waals surface area contributed by atoms with Gasteiger partial charge in [0.1, 0.15) is 11.6 Å². The van der Waals surface area contributed by atoms with Gasteiger partial charge >= 0.3 is 0 Å². The third-order valence-corrected chi connectivity index (χ3v) is 2.75. The van der Waals surface area contributed by atoms with Crippen LogP contribution in [0.5, 0.6) is 0 Å². The molecule has 1 N–H and O–H groups in total. The number of hydrogen-bond donors (Lipinski definition) is 1. The molecule has 1 atom stereocenters. The second-order valence-corrected chi connectivity index (χ2v) is 4.06. The van der Waals surface area contributed by atoms with Crippen molar-refractivity contribution in [2.24, 2.45) is 0 Å². The zero-order chi connectivity index (χ0) is 12.1. The smallest absolute Gasteiger partial charge is 0.123 e. The molecule has 2 aromatic rings. The predicted molar refractivity (Wildman–Crippen MR) is 65.2 cm³/mol. The number of furan rings is 1. The molecule has 3 heteroatoms. The first-order valence-corrected chi connectivity index (χ1v) is 5.77. The molecule has 1 unspecified atom stereocenters. The maximum Gasteiger partial charge on any atom is 0.123 e. The van der Waals surface area contributed by atoms with Crippen LogP contribution in [0.25, 0.3) is 0 Å². The van der Waals surface area contributed by atoms with E-state index in [0.29, 0.717) is 0 Å². The molecule has 0 saturated carbocycles. The van der Waals surface area contributed by atoms with Crippen LogP contribution in [0.1, 0.15) is 24.3 Å². The summed E-state index contributed by atoms with van der Waals surface area (Å²) in [6.45, 7) is 2.84. The summed E-state index contributed by atoms with van der Waals surface area (Å²) in [6, 6.07) is 10.6. The molecular weight excluding hydrogens is 217 g/mol. The van der Waals surface area contributed by atoms with Crippen molar-refractivity contribution in [3.63, 3.8) is 0 Å². The Morgan fingerprint density at radius 3 is 2.88 bits per heavy atom. The van der Waals surface area contributed by atoms with Gasteiger partial charge in [-0.05, 0) is 36.8 Å². The van der Waals surface area contributed by atoms with Crippen molar-refractivity contribution < 1.29 is 8.81 Å². The maximum absolute atomic E-state index is 13.0. The predicted octanol–water partition coefficient (Wildman–Crippen LogP) is 3.31. The molecule has 0 spiro atoms. The highest BCUT2D eigenvalue weighted by molar-refractivity contribution is 5.19. The topological polar surface area (TPSA) is 25.2 Å². The molecular formula is C14H16FNO. The van der Waals surface area contributed by atoms with Crippen molar-refractivity contribution in [2.45, 2.75) is 19.4 Å². The summed E-state index contributed by atoms with van der Waals surface area (Å²) in [6.07, 6.45) is 2.51. The van der Waals surface area contributed by atoms with Gasteiger partial charge in [0, 0.05) is 19.0 Å². The summed E-state index contributed by atoms with van der Waals surface area (Å²) in [7, 11) is 0. The molecule has 0 bridgehead atoms. The minimum Gasteiger partial charge on any atom is -0.469 e. The standard InChI is InChI=1S/C14H16FNO/c1-11(12-4-2-5-13(15)10-12)16-8-7-14-6-3-9-17-14/h2-6,9-11,16H,7-8H2,1H3. The van der Waals surface area contributed by atoms with E-state index in [9.17, 15) is 4.39 Å². The van der Waals surface area contributed by atoms with Crippen LogP contribution in [0.15, 0.2) is 47.1 Å². The molecule has 2 nitrogen and oxygen atoms in total. The largest absolute Gasteiger partial charge is 0.469 e. The van der Waals surface area contributed by atoms with Gasteiger partial charge in [-0.3, -0.25) is 0 Å². The molecule has 0 fully saturated rings. The van der Waals surface area contributed by atoms with Crippen molar-refractivity contribution in [1.82, 2.24) is 5.32 Å². The quantitative estimate of drug-likeness (QED) is 0.857. The lowest BCUT2D eigenvalue weighted by Gasteiger charge is -2.13. The van der Waals surface area contributed by atoms with Gasteiger partial charge in [0.05, 0.1) is 6.26 Å². The molecule has 17 heavy (non-hydrogen) atoms. The summed E-state index contributed by atoms with van der Waals surface area (Å²) in [5, 5.41) is 3.34. The van der Waals surface area contributed by atoms with Gasteiger partial charge in [0.25, 0.3) is 0 Å². The first-order chi connectivity index (χ1) is 8.25. The Kier molecular flexibility index (Phi) is 3.94. The zero-order valence-corrected chi connectivity index (χ0v) is 9.82. The van der Waals surface area contributed by atoms with Crippen molar-refractivity contribution in [3.8, 4) is 0 Å². The van der Waals surface area contributed by atoms with E-state index < -0.39 is 0 Å². The fourth-order valence-corrected chi connectivity index (χ4v) is 1.76. The molecule has 90 valence electrons. The minimum atomic E-state index is -0.192. The molecule has 1 heterocycles. The van der Waals surface area contributed by atoms with Crippen LogP contribution in [-0.2, 0) is 6.42 Å². The average molecular weight is 233 g/mol. The number of nitrogens with one attached hydrogen (secondary N) is 1. The molecule has 0 amide bonds. The van der Waals surface area contributed by atoms with Crippen LogP contribution < -0.4 is 5.32 Å². The first kappa shape index (κ1) is 11.9. The highest BCUT2D eigenvalue weighted by Gasteiger charge is 2.05. The van der Waals surface area contributed by atoms with Crippen molar-refractivity contribution in [2.75, 3.05) is 6.54 Å². The van der Waals surface area contributed by atoms with E-state index in [4.69, 9.17) is 4.42 Å². The Labute approximate surface area is 100 Å². The molecule has 0 aliphatic heterocycles. The number of benzene rings is 1. The van der Waals surface area contributed by atoms with Crippen LogP contribution in [0.2, 0.25) is 0 Å². The van der Waals surface area contributed by atoms with E-state index in [0.717, 1.165) is 24.3 Å². The fraction of sp³-hybridized carbons (Fsp3) is 0.286. The van der Waals surface area contributed by atoms with E-state index in [1.54, 1.807) is 18.4 Å². The van der Waals surface area contributed by atoms with Crippen molar-refractivity contribution in [1.29, 1.82) is 0 Å². The minimum absolute atomic E-state index is 0.140. The zero-order valence-electron chi connectivity index (χ0n) is 9.82. The third-order valence-electron chi connectivity index (χ3n) is 2.75. The Bertz CT molecular complexity index is 453. The first-order valence-electron chi connectivity index (χ1n) is 5.77. The Morgan fingerprint density at radius 1 is 1.29 bits per heavy atom. The van der Waals surface area contributed by atoms with Gasteiger partial charge in [0.15, 0.2) is 0 Å². The van der Waals surface area contributed by atoms with Gasteiger partial charge in [-0.15, -0.1) is 0 Å². The molecule has 2 rings (SSSR count). The summed E-state index contributed by atoms with van der Waals surface area (Å²) in [4.78, 5) is 0. The molecule has 0 aliphatic rings. The van der Waals surface area contributed by atoms with Crippen LogP contribution >= 0.6 is 0 Å².